The Morgan fingerprint density at radius 3 is 2.30 bits per heavy atom. The fraction of sp³-hybridized carbons (Fsp3) is 0.129. The molecule has 0 aromatic heterocycles. The number of nitro groups is 1. The largest absolute Gasteiger partial charge is 0.496 e. The second-order valence-corrected chi connectivity index (χ2v) is 12.5. The van der Waals surface area contributed by atoms with Crippen LogP contribution in [-0.4, -0.2) is 33.5 Å². The molecule has 1 heterocycles. The number of nitro benzene ring substituents is 1. The molecule has 0 unspecified atom stereocenters. The second-order valence-electron chi connectivity index (χ2n) is 9.38. The van der Waals surface area contributed by atoms with Gasteiger partial charge in [0.2, 0.25) is 0 Å². The summed E-state index contributed by atoms with van der Waals surface area (Å²) in [6.07, 6.45) is 1.51. The van der Waals surface area contributed by atoms with E-state index in [9.17, 15) is 23.3 Å². The Morgan fingerprint density at radius 1 is 0.907 bits per heavy atom. The molecule has 1 aliphatic heterocycles. The van der Waals surface area contributed by atoms with E-state index >= 15 is 0 Å². The molecule has 0 fully saturated rings. The van der Waals surface area contributed by atoms with Gasteiger partial charge < -0.3 is 19.5 Å². The molecule has 4 aromatic rings. The van der Waals surface area contributed by atoms with Crippen LogP contribution < -0.4 is 19.5 Å². The molecular formula is C31H26N2O8S2. The lowest BCUT2D eigenvalue weighted by Gasteiger charge is -2.20. The first-order chi connectivity index (χ1) is 20.7. The van der Waals surface area contributed by atoms with Crippen molar-refractivity contribution in [3.8, 4) is 17.2 Å². The number of nitrogens with one attached hydrogen (secondary N) is 1. The van der Waals surface area contributed by atoms with E-state index in [1.807, 2.05) is 30.3 Å². The van der Waals surface area contributed by atoms with Crippen LogP contribution in [0.5, 0.6) is 17.2 Å². The number of benzene rings is 4. The standard InChI is InChI=1S/C31H26N2O8S2/c1-39-26-9-6-10-27(40-2)23(26)19-43(37,38)22-12-13-24-29(17-22)42-30(31(34)32-24)16-21-11-14-28(25(15-21)33(35)36)41-18-20-7-4-3-5-8-20/h3-17H,18-19H2,1-2H3,(H,32,34)/b30-16+. The number of ether oxygens (including phenoxy) is 3. The molecule has 220 valence electrons. The number of nitrogens with zero attached hydrogens (tertiary/aromatic N) is 1. The fourth-order valence-corrected chi connectivity index (χ4v) is 6.92. The number of carbonyl (C=O) groups excluding carboxylic acids is 1. The van der Waals surface area contributed by atoms with E-state index in [1.54, 1.807) is 24.3 Å². The van der Waals surface area contributed by atoms with Crippen molar-refractivity contribution in [2.75, 3.05) is 19.5 Å². The highest BCUT2D eigenvalue weighted by molar-refractivity contribution is 8.04. The number of anilines is 1. The Hall–Kier alpha value is -4.81. The van der Waals surface area contributed by atoms with E-state index in [4.69, 9.17) is 14.2 Å². The van der Waals surface area contributed by atoms with Gasteiger partial charge in [-0.15, -0.1) is 0 Å². The first kappa shape index (κ1) is 29.7. The van der Waals surface area contributed by atoms with Gasteiger partial charge in [0.25, 0.3) is 5.91 Å². The second kappa shape index (κ2) is 12.6. The SMILES string of the molecule is COc1cccc(OC)c1CS(=O)(=O)c1ccc2c(c1)S/C(=C/c1ccc(OCc3ccccc3)c([N+](=O)[O-])c1)C(=O)N2. The number of hydrogen-bond donors (Lipinski definition) is 1. The molecular weight excluding hydrogens is 592 g/mol. The summed E-state index contributed by atoms with van der Waals surface area (Å²) in [4.78, 5) is 24.9. The molecule has 0 spiro atoms. The summed E-state index contributed by atoms with van der Waals surface area (Å²) in [5, 5.41) is 14.6. The quantitative estimate of drug-likeness (QED) is 0.124. The van der Waals surface area contributed by atoms with Crippen molar-refractivity contribution in [2.45, 2.75) is 22.2 Å². The third-order valence-electron chi connectivity index (χ3n) is 6.58. The predicted molar refractivity (Wildman–Crippen MR) is 163 cm³/mol. The van der Waals surface area contributed by atoms with E-state index in [0.717, 1.165) is 17.3 Å². The maximum absolute atomic E-state index is 13.4. The zero-order valence-electron chi connectivity index (χ0n) is 23.1. The highest BCUT2D eigenvalue weighted by Gasteiger charge is 2.26. The van der Waals surface area contributed by atoms with Crippen molar-refractivity contribution in [1.82, 2.24) is 0 Å². The van der Waals surface area contributed by atoms with Crippen LogP contribution in [-0.2, 0) is 27.0 Å². The third kappa shape index (κ3) is 6.65. The molecule has 1 N–H and O–H groups in total. The summed E-state index contributed by atoms with van der Waals surface area (Å²) in [7, 11) is -0.931. The molecule has 0 saturated carbocycles. The van der Waals surface area contributed by atoms with Gasteiger partial charge in [-0.2, -0.15) is 0 Å². The van der Waals surface area contributed by atoms with Gasteiger partial charge in [-0.3, -0.25) is 14.9 Å². The van der Waals surface area contributed by atoms with Gasteiger partial charge in [0.1, 0.15) is 18.1 Å². The molecule has 0 bridgehead atoms. The molecule has 1 aliphatic rings. The Balaban J connectivity index is 1.40. The lowest BCUT2D eigenvalue weighted by molar-refractivity contribution is -0.386. The Morgan fingerprint density at radius 2 is 1.63 bits per heavy atom. The van der Waals surface area contributed by atoms with Gasteiger partial charge in [-0.25, -0.2) is 8.42 Å². The summed E-state index contributed by atoms with van der Waals surface area (Å²) in [5.74, 6) is 0.0975. The minimum Gasteiger partial charge on any atom is -0.496 e. The molecule has 4 aromatic carbocycles. The molecule has 12 heteroatoms. The van der Waals surface area contributed by atoms with Gasteiger partial charge in [-0.1, -0.05) is 54.2 Å². The number of methoxy groups -OCH3 is 2. The van der Waals surface area contributed by atoms with Gasteiger partial charge in [0, 0.05) is 11.0 Å². The number of carbonyl (C=O) groups is 1. The molecule has 0 atom stereocenters. The van der Waals surface area contributed by atoms with Gasteiger partial charge in [-0.05, 0) is 53.6 Å². The number of fused-ring (bicyclic) bond motifs is 1. The van der Waals surface area contributed by atoms with Crippen LogP contribution >= 0.6 is 11.8 Å². The minimum atomic E-state index is -3.84. The van der Waals surface area contributed by atoms with Gasteiger partial charge in [0.15, 0.2) is 15.6 Å². The first-order valence-electron chi connectivity index (χ1n) is 12.9. The summed E-state index contributed by atoms with van der Waals surface area (Å²) >= 11 is 1.07. The fourth-order valence-electron chi connectivity index (χ4n) is 4.45. The molecule has 10 nitrogen and oxygen atoms in total. The van der Waals surface area contributed by atoms with E-state index in [0.29, 0.717) is 33.2 Å². The maximum Gasteiger partial charge on any atom is 0.311 e. The van der Waals surface area contributed by atoms with E-state index < -0.39 is 20.7 Å². The van der Waals surface area contributed by atoms with Crippen LogP contribution in [0.15, 0.2) is 99.6 Å². The van der Waals surface area contributed by atoms with Gasteiger partial charge in [0.05, 0.1) is 45.9 Å². The summed E-state index contributed by atoms with van der Waals surface area (Å²) in [5.41, 5.74) is 1.88. The number of amides is 1. The van der Waals surface area contributed by atoms with Crippen molar-refractivity contribution < 1.29 is 32.3 Å². The van der Waals surface area contributed by atoms with Crippen molar-refractivity contribution >= 4 is 45.0 Å². The van der Waals surface area contributed by atoms with Crippen LogP contribution in [0.1, 0.15) is 16.7 Å². The number of hydrogen-bond acceptors (Lipinski definition) is 9. The summed E-state index contributed by atoms with van der Waals surface area (Å²) in [6, 6.07) is 23.2. The highest BCUT2D eigenvalue weighted by atomic mass is 32.2. The first-order valence-corrected chi connectivity index (χ1v) is 15.4. The summed E-state index contributed by atoms with van der Waals surface area (Å²) in [6.45, 7) is 0.159. The van der Waals surface area contributed by atoms with E-state index in [1.165, 1.54) is 50.6 Å². The molecule has 1 amide bonds. The molecule has 0 aliphatic carbocycles. The third-order valence-corrected chi connectivity index (χ3v) is 9.30. The van der Waals surface area contributed by atoms with Crippen molar-refractivity contribution in [3.63, 3.8) is 0 Å². The van der Waals surface area contributed by atoms with Crippen LogP contribution in [0, 0.1) is 10.1 Å². The average molecular weight is 619 g/mol. The topological polar surface area (TPSA) is 134 Å². The van der Waals surface area contributed by atoms with Crippen LogP contribution in [0.3, 0.4) is 0 Å². The van der Waals surface area contributed by atoms with E-state index in [-0.39, 0.29) is 33.6 Å². The molecule has 5 rings (SSSR count). The molecule has 43 heavy (non-hydrogen) atoms. The van der Waals surface area contributed by atoms with Crippen LogP contribution in [0.25, 0.3) is 6.08 Å². The molecule has 0 saturated heterocycles. The summed E-state index contributed by atoms with van der Waals surface area (Å²) < 4.78 is 43.3. The Labute approximate surface area is 252 Å². The smallest absolute Gasteiger partial charge is 0.311 e. The van der Waals surface area contributed by atoms with Crippen LogP contribution in [0.2, 0.25) is 0 Å². The predicted octanol–water partition coefficient (Wildman–Crippen LogP) is 6.25. The highest BCUT2D eigenvalue weighted by Crippen LogP contribution is 2.41. The average Bonchev–Trinajstić information content (AvgIpc) is 3.00. The zero-order chi connectivity index (χ0) is 30.6. The van der Waals surface area contributed by atoms with Crippen molar-refractivity contribution in [3.05, 3.63) is 117 Å². The normalized spacial score (nSPS) is 13.6. The maximum atomic E-state index is 13.4. The zero-order valence-corrected chi connectivity index (χ0v) is 24.7. The van der Waals surface area contributed by atoms with Gasteiger partial charge >= 0.3 is 5.69 Å². The van der Waals surface area contributed by atoms with E-state index in [2.05, 4.69) is 5.32 Å². The molecule has 0 radical (unpaired) electrons. The van der Waals surface area contributed by atoms with Crippen molar-refractivity contribution in [2.24, 2.45) is 0 Å². The number of sulfone groups is 1. The Bertz CT molecular complexity index is 1820. The minimum absolute atomic E-state index is 0.0535. The Kier molecular flexibility index (Phi) is 8.69. The lowest BCUT2D eigenvalue weighted by atomic mass is 10.1. The van der Waals surface area contributed by atoms with Crippen LogP contribution in [0.4, 0.5) is 11.4 Å². The van der Waals surface area contributed by atoms with Crippen molar-refractivity contribution in [1.29, 1.82) is 0 Å². The number of thioether (sulfide) groups is 1. The monoisotopic (exact) mass is 618 g/mol. The lowest BCUT2D eigenvalue weighted by Crippen LogP contribution is -2.18. The number of rotatable bonds is 10.